The van der Waals surface area contributed by atoms with E-state index in [0.29, 0.717) is 23.4 Å². The molecule has 138 valence electrons. The lowest BCUT2D eigenvalue weighted by Crippen LogP contribution is -2.31. The topological polar surface area (TPSA) is 61.0 Å². The third-order valence-electron chi connectivity index (χ3n) is 7.01. The normalized spacial score (nSPS) is 33.2. The second kappa shape index (κ2) is 6.69. The highest BCUT2D eigenvalue weighted by Crippen LogP contribution is 2.43. The number of aromatic nitrogens is 2. The van der Waals surface area contributed by atoms with Crippen LogP contribution in [0.3, 0.4) is 0 Å². The van der Waals surface area contributed by atoms with Gasteiger partial charge in [0, 0.05) is 25.2 Å². The van der Waals surface area contributed by atoms with Crippen LogP contribution >= 0.6 is 0 Å². The van der Waals surface area contributed by atoms with E-state index in [1.165, 1.54) is 25.7 Å². The van der Waals surface area contributed by atoms with Gasteiger partial charge in [-0.05, 0) is 62.3 Å². The Morgan fingerprint density at radius 1 is 1.15 bits per heavy atom. The van der Waals surface area contributed by atoms with Gasteiger partial charge >= 0.3 is 0 Å². The van der Waals surface area contributed by atoms with Crippen molar-refractivity contribution in [1.29, 1.82) is 0 Å². The lowest BCUT2D eigenvalue weighted by atomic mass is 9.70. The maximum atomic E-state index is 13.1. The second-order valence-electron chi connectivity index (χ2n) is 8.47. The van der Waals surface area contributed by atoms with E-state index < -0.39 is 0 Å². The maximum absolute atomic E-state index is 13.1. The molecule has 1 aromatic rings. The average Bonchev–Trinajstić information content (AvgIpc) is 3.32. The summed E-state index contributed by atoms with van der Waals surface area (Å²) in [6.45, 7) is 3.58. The molecule has 0 bridgehead atoms. The lowest BCUT2D eigenvalue weighted by molar-refractivity contribution is 0.0776. The van der Waals surface area contributed by atoms with Gasteiger partial charge < -0.3 is 10.2 Å². The summed E-state index contributed by atoms with van der Waals surface area (Å²) in [6, 6.07) is 0. The van der Waals surface area contributed by atoms with Gasteiger partial charge in [-0.25, -0.2) is 0 Å². The number of likely N-dealkylation sites (tertiary alicyclic amines) is 1. The summed E-state index contributed by atoms with van der Waals surface area (Å²) in [5, 5.41) is 10.8. The van der Waals surface area contributed by atoms with Gasteiger partial charge in [0.1, 0.15) is 0 Å². The van der Waals surface area contributed by atoms with E-state index in [-0.39, 0.29) is 5.91 Å². The fraction of sp³-hybridized carbons (Fsp3) is 0.619. The van der Waals surface area contributed by atoms with Crippen molar-refractivity contribution in [3.63, 3.8) is 0 Å². The predicted molar refractivity (Wildman–Crippen MR) is 101 cm³/mol. The fourth-order valence-electron chi connectivity index (χ4n) is 5.54. The molecular formula is C21H28N4O. The number of allylic oxidation sites excluding steroid dienone is 4. The van der Waals surface area contributed by atoms with Gasteiger partial charge in [0.15, 0.2) is 5.69 Å². The number of aromatic amines is 1. The smallest absolute Gasteiger partial charge is 0.274 e. The maximum Gasteiger partial charge on any atom is 0.274 e. The highest BCUT2D eigenvalue weighted by atomic mass is 16.2. The zero-order chi connectivity index (χ0) is 17.5. The van der Waals surface area contributed by atoms with Crippen molar-refractivity contribution in [2.24, 2.45) is 23.7 Å². The molecule has 3 heterocycles. The minimum atomic E-state index is 0.149. The van der Waals surface area contributed by atoms with Crippen molar-refractivity contribution in [1.82, 2.24) is 20.4 Å². The molecular weight excluding hydrogens is 324 g/mol. The van der Waals surface area contributed by atoms with Gasteiger partial charge in [-0.15, -0.1) is 0 Å². The van der Waals surface area contributed by atoms with E-state index in [9.17, 15) is 4.79 Å². The summed E-state index contributed by atoms with van der Waals surface area (Å²) < 4.78 is 0. The number of carbonyl (C=O) groups excluding carboxylic acids is 1. The number of amides is 1. The second-order valence-corrected chi connectivity index (χ2v) is 8.47. The molecule has 2 aliphatic heterocycles. The summed E-state index contributed by atoms with van der Waals surface area (Å²) in [7, 11) is 0. The SMILES string of the molecule is O=C(c1n[nH]c2c1CCNC2)N1CC2CCC(C3C=CC=CC3)CC2C1. The highest BCUT2D eigenvalue weighted by molar-refractivity contribution is 5.94. The van der Waals surface area contributed by atoms with Crippen molar-refractivity contribution in [3.8, 4) is 0 Å². The molecule has 5 rings (SSSR count). The van der Waals surface area contributed by atoms with E-state index in [1.54, 1.807) is 0 Å². The van der Waals surface area contributed by atoms with E-state index in [1.807, 2.05) is 0 Å². The van der Waals surface area contributed by atoms with Gasteiger partial charge in [-0.1, -0.05) is 24.3 Å². The number of fused-ring (bicyclic) bond motifs is 2. The molecule has 0 radical (unpaired) electrons. The lowest BCUT2D eigenvalue weighted by Gasteiger charge is -2.35. The summed E-state index contributed by atoms with van der Waals surface area (Å²) in [4.78, 5) is 15.2. The Morgan fingerprint density at radius 3 is 2.92 bits per heavy atom. The number of nitrogens with one attached hydrogen (secondary N) is 2. The Kier molecular flexibility index (Phi) is 4.20. The van der Waals surface area contributed by atoms with Crippen LogP contribution in [0.2, 0.25) is 0 Å². The van der Waals surface area contributed by atoms with Crippen LogP contribution < -0.4 is 5.32 Å². The van der Waals surface area contributed by atoms with Crippen molar-refractivity contribution in [2.75, 3.05) is 19.6 Å². The molecule has 1 aromatic heterocycles. The Hall–Kier alpha value is -1.88. The predicted octanol–water partition coefficient (Wildman–Crippen LogP) is 2.68. The Balaban J connectivity index is 1.27. The molecule has 0 aromatic carbocycles. The molecule has 1 saturated carbocycles. The molecule has 2 aliphatic carbocycles. The van der Waals surface area contributed by atoms with E-state index in [4.69, 9.17) is 0 Å². The summed E-state index contributed by atoms with van der Waals surface area (Å²) in [5.74, 6) is 3.01. The zero-order valence-electron chi connectivity index (χ0n) is 15.3. The zero-order valence-corrected chi connectivity index (χ0v) is 15.3. The first-order valence-electron chi connectivity index (χ1n) is 10.2. The molecule has 0 spiro atoms. The van der Waals surface area contributed by atoms with Crippen LogP contribution in [0.25, 0.3) is 0 Å². The third-order valence-corrected chi connectivity index (χ3v) is 7.01. The standard InChI is InChI=1S/C21H28N4O/c26-21(20-18-8-9-22-11-19(18)23-24-20)25-12-16-7-6-15(10-17(16)13-25)14-4-2-1-3-5-14/h1-4,14-17,22H,5-13H2,(H,23,24). The van der Waals surface area contributed by atoms with Crippen molar-refractivity contribution in [3.05, 3.63) is 41.3 Å². The molecule has 4 aliphatic rings. The Bertz CT molecular complexity index is 749. The molecule has 1 amide bonds. The Labute approximate surface area is 154 Å². The summed E-state index contributed by atoms with van der Waals surface area (Å²) in [6.07, 6.45) is 15.0. The molecule has 1 saturated heterocycles. The van der Waals surface area contributed by atoms with Crippen LogP contribution in [-0.2, 0) is 13.0 Å². The van der Waals surface area contributed by atoms with Crippen LogP contribution in [0.15, 0.2) is 24.3 Å². The van der Waals surface area contributed by atoms with Crippen LogP contribution in [0.1, 0.15) is 47.4 Å². The number of carbonyl (C=O) groups is 1. The minimum Gasteiger partial charge on any atom is -0.337 e. The molecule has 26 heavy (non-hydrogen) atoms. The molecule has 2 N–H and O–H groups in total. The molecule has 5 nitrogen and oxygen atoms in total. The largest absolute Gasteiger partial charge is 0.337 e. The van der Waals surface area contributed by atoms with E-state index >= 15 is 0 Å². The van der Waals surface area contributed by atoms with Crippen LogP contribution in [-0.4, -0.2) is 40.6 Å². The average molecular weight is 352 g/mol. The minimum absolute atomic E-state index is 0.149. The van der Waals surface area contributed by atoms with Crippen molar-refractivity contribution < 1.29 is 4.79 Å². The van der Waals surface area contributed by atoms with Crippen LogP contribution in [0.5, 0.6) is 0 Å². The van der Waals surface area contributed by atoms with Crippen molar-refractivity contribution >= 4 is 5.91 Å². The first-order chi connectivity index (χ1) is 12.8. The van der Waals surface area contributed by atoms with E-state index in [0.717, 1.165) is 49.8 Å². The van der Waals surface area contributed by atoms with Gasteiger partial charge in [0.05, 0.1) is 5.69 Å². The summed E-state index contributed by atoms with van der Waals surface area (Å²) in [5.41, 5.74) is 2.91. The number of nitrogens with zero attached hydrogens (tertiary/aromatic N) is 2. The molecule has 5 heteroatoms. The van der Waals surface area contributed by atoms with E-state index in [2.05, 4.69) is 44.7 Å². The Morgan fingerprint density at radius 2 is 2.04 bits per heavy atom. The number of hydrogen-bond donors (Lipinski definition) is 2. The van der Waals surface area contributed by atoms with Gasteiger partial charge in [0.25, 0.3) is 5.91 Å². The fourth-order valence-corrected chi connectivity index (χ4v) is 5.54. The first-order valence-corrected chi connectivity index (χ1v) is 10.2. The number of rotatable bonds is 2. The van der Waals surface area contributed by atoms with Gasteiger partial charge in [-0.2, -0.15) is 5.10 Å². The first kappa shape index (κ1) is 16.3. The number of H-pyrrole nitrogens is 1. The van der Waals surface area contributed by atoms with Crippen molar-refractivity contribution in [2.45, 2.75) is 38.6 Å². The third kappa shape index (κ3) is 2.82. The molecule has 4 atom stereocenters. The quantitative estimate of drug-likeness (QED) is 0.860. The van der Waals surface area contributed by atoms with Gasteiger partial charge in [0.2, 0.25) is 0 Å². The summed E-state index contributed by atoms with van der Waals surface area (Å²) >= 11 is 0. The van der Waals surface area contributed by atoms with Crippen LogP contribution in [0.4, 0.5) is 0 Å². The molecule has 4 unspecified atom stereocenters. The highest BCUT2D eigenvalue weighted by Gasteiger charge is 2.41. The number of hydrogen-bond acceptors (Lipinski definition) is 3. The molecule has 2 fully saturated rings. The van der Waals surface area contributed by atoms with Gasteiger partial charge in [-0.3, -0.25) is 9.89 Å². The monoisotopic (exact) mass is 352 g/mol. The van der Waals surface area contributed by atoms with Crippen LogP contribution in [0, 0.1) is 23.7 Å².